The maximum atomic E-state index is 12.9. The fourth-order valence-electron chi connectivity index (χ4n) is 3.07. The summed E-state index contributed by atoms with van der Waals surface area (Å²) in [6, 6.07) is 13.1. The third-order valence-corrected chi connectivity index (χ3v) is 6.19. The molecule has 0 aliphatic carbocycles. The molecule has 1 aliphatic rings. The second kappa shape index (κ2) is 5.94. The molecule has 0 saturated carbocycles. The highest BCUT2D eigenvalue weighted by molar-refractivity contribution is 7.93. The molecule has 1 unspecified atom stereocenters. The molecule has 0 bridgehead atoms. The van der Waals surface area contributed by atoms with Gasteiger partial charge in [0.15, 0.2) is 0 Å². The summed E-state index contributed by atoms with van der Waals surface area (Å²) in [5.41, 5.74) is 2.12. The zero-order valence-corrected chi connectivity index (χ0v) is 14.3. The first-order valence-corrected chi connectivity index (χ1v) is 9.21. The largest absolute Gasteiger partial charge is 0.481 e. The molecule has 6 heteroatoms. The van der Waals surface area contributed by atoms with Crippen LogP contribution in [0.1, 0.15) is 43.4 Å². The van der Waals surface area contributed by atoms with Crippen LogP contribution in [-0.2, 0) is 14.8 Å². The van der Waals surface area contributed by atoms with Crippen molar-refractivity contribution in [2.24, 2.45) is 0 Å². The zero-order valence-electron chi connectivity index (χ0n) is 13.5. The van der Waals surface area contributed by atoms with E-state index in [0.717, 1.165) is 5.56 Å². The van der Waals surface area contributed by atoms with Crippen molar-refractivity contribution < 1.29 is 18.3 Å². The zero-order chi connectivity index (χ0) is 17.5. The molecule has 1 N–H and O–H groups in total. The summed E-state index contributed by atoms with van der Waals surface area (Å²) in [4.78, 5) is 11.5. The number of rotatable bonds is 4. The Balaban J connectivity index is 2.12. The Hall–Kier alpha value is -2.34. The first-order valence-electron chi connectivity index (χ1n) is 7.77. The molecule has 0 aromatic heterocycles. The lowest BCUT2D eigenvalue weighted by Gasteiger charge is -2.25. The van der Waals surface area contributed by atoms with Crippen LogP contribution in [0.5, 0.6) is 0 Å². The molecule has 1 aliphatic heterocycles. The molecule has 0 radical (unpaired) electrons. The van der Waals surface area contributed by atoms with E-state index in [1.165, 1.54) is 10.4 Å². The summed E-state index contributed by atoms with van der Waals surface area (Å²) >= 11 is 0. The van der Waals surface area contributed by atoms with E-state index < -0.39 is 22.0 Å². The van der Waals surface area contributed by atoms with Crippen LogP contribution in [0.2, 0.25) is 0 Å². The number of anilines is 1. The molecule has 1 heterocycles. The quantitative estimate of drug-likeness (QED) is 0.920. The van der Waals surface area contributed by atoms with Crippen molar-refractivity contribution in [3.8, 4) is 0 Å². The number of hydrogen-bond donors (Lipinski definition) is 1. The number of benzene rings is 2. The minimum absolute atomic E-state index is 0.184. The third-order valence-electron chi connectivity index (χ3n) is 4.28. The van der Waals surface area contributed by atoms with Crippen molar-refractivity contribution in [3.05, 3.63) is 59.7 Å². The molecule has 3 rings (SSSR count). The number of sulfonamides is 1. The second-order valence-corrected chi connectivity index (χ2v) is 7.98. The number of carbonyl (C=O) groups is 1. The van der Waals surface area contributed by atoms with Crippen LogP contribution in [0.15, 0.2) is 53.4 Å². The van der Waals surface area contributed by atoms with E-state index in [2.05, 4.69) is 13.8 Å². The van der Waals surface area contributed by atoms with Gasteiger partial charge in [0, 0.05) is 0 Å². The van der Waals surface area contributed by atoms with Gasteiger partial charge in [-0.3, -0.25) is 9.10 Å². The molecule has 0 fully saturated rings. The number of aliphatic carboxylic acids is 1. The van der Waals surface area contributed by atoms with Gasteiger partial charge in [-0.2, -0.15) is 0 Å². The highest BCUT2D eigenvalue weighted by atomic mass is 32.2. The Labute approximate surface area is 141 Å². The highest BCUT2D eigenvalue weighted by Crippen LogP contribution is 2.44. The van der Waals surface area contributed by atoms with E-state index in [1.807, 2.05) is 12.1 Å². The predicted octanol–water partition coefficient (Wildman–Crippen LogP) is 3.53. The fourth-order valence-corrected chi connectivity index (χ4v) is 4.96. The van der Waals surface area contributed by atoms with Crippen LogP contribution >= 0.6 is 0 Å². The van der Waals surface area contributed by atoms with Gasteiger partial charge < -0.3 is 5.11 Å². The molecule has 2 aromatic rings. The van der Waals surface area contributed by atoms with Gasteiger partial charge in [-0.15, -0.1) is 0 Å². The van der Waals surface area contributed by atoms with Gasteiger partial charge in [0.2, 0.25) is 0 Å². The molecular formula is C18H19NO4S. The summed E-state index contributed by atoms with van der Waals surface area (Å²) in [6.45, 7) is 4.12. The summed E-state index contributed by atoms with van der Waals surface area (Å²) in [6.07, 6.45) is -0.276. The Morgan fingerprint density at radius 3 is 2.33 bits per heavy atom. The average molecular weight is 345 g/mol. The lowest BCUT2D eigenvalue weighted by atomic mass is 10.0. The van der Waals surface area contributed by atoms with E-state index in [9.17, 15) is 18.3 Å². The Bertz CT molecular complexity index is 872. The molecule has 0 amide bonds. The number of hydrogen-bond acceptors (Lipinski definition) is 3. The smallest absolute Gasteiger partial charge is 0.305 e. The summed E-state index contributed by atoms with van der Waals surface area (Å²) < 4.78 is 27.1. The third kappa shape index (κ3) is 2.67. The van der Waals surface area contributed by atoms with Crippen molar-refractivity contribution in [2.75, 3.05) is 4.31 Å². The normalized spacial score (nSPS) is 18.6. The number of fused-ring (bicyclic) bond motifs is 1. The molecule has 24 heavy (non-hydrogen) atoms. The molecule has 5 nitrogen and oxygen atoms in total. The van der Waals surface area contributed by atoms with Crippen molar-refractivity contribution in [1.82, 2.24) is 0 Å². The van der Waals surface area contributed by atoms with Gasteiger partial charge >= 0.3 is 5.97 Å². The van der Waals surface area contributed by atoms with E-state index in [-0.39, 0.29) is 11.3 Å². The molecule has 0 spiro atoms. The Kier molecular flexibility index (Phi) is 4.09. The van der Waals surface area contributed by atoms with Gasteiger partial charge in [0.1, 0.15) is 0 Å². The maximum Gasteiger partial charge on any atom is 0.305 e. The van der Waals surface area contributed by atoms with Crippen molar-refractivity contribution >= 4 is 21.7 Å². The first-order chi connectivity index (χ1) is 11.3. The van der Waals surface area contributed by atoms with Crippen LogP contribution in [0, 0.1) is 0 Å². The predicted molar refractivity (Wildman–Crippen MR) is 91.6 cm³/mol. The van der Waals surface area contributed by atoms with Gasteiger partial charge in [0.05, 0.1) is 23.0 Å². The monoisotopic (exact) mass is 345 g/mol. The van der Waals surface area contributed by atoms with Gasteiger partial charge in [0.25, 0.3) is 10.0 Å². The maximum absolute atomic E-state index is 12.9. The van der Waals surface area contributed by atoms with E-state index in [1.54, 1.807) is 30.3 Å². The van der Waals surface area contributed by atoms with Crippen molar-refractivity contribution in [3.63, 3.8) is 0 Å². The molecule has 1 atom stereocenters. The lowest BCUT2D eigenvalue weighted by Crippen LogP contribution is -2.29. The summed E-state index contributed by atoms with van der Waals surface area (Å²) in [5, 5.41) is 9.23. The van der Waals surface area contributed by atoms with Gasteiger partial charge in [-0.05, 0) is 35.2 Å². The number of carboxylic acids is 1. The molecule has 2 aromatic carbocycles. The lowest BCUT2D eigenvalue weighted by molar-refractivity contribution is -0.137. The van der Waals surface area contributed by atoms with Crippen LogP contribution in [0.4, 0.5) is 5.69 Å². The van der Waals surface area contributed by atoms with Crippen LogP contribution in [-0.4, -0.2) is 19.5 Å². The minimum Gasteiger partial charge on any atom is -0.481 e. The van der Waals surface area contributed by atoms with E-state index >= 15 is 0 Å². The van der Waals surface area contributed by atoms with E-state index in [0.29, 0.717) is 17.2 Å². The first kappa shape index (κ1) is 16.5. The second-order valence-electron chi connectivity index (χ2n) is 6.20. The topological polar surface area (TPSA) is 74.7 Å². The van der Waals surface area contributed by atoms with Crippen LogP contribution < -0.4 is 4.31 Å². The van der Waals surface area contributed by atoms with Crippen molar-refractivity contribution in [1.29, 1.82) is 0 Å². The number of carboxylic acid groups (broad SMARTS) is 1. The molecule has 0 saturated heterocycles. The van der Waals surface area contributed by atoms with Crippen LogP contribution in [0.3, 0.4) is 0 Å². The summed E-state index contributed by atoms with van der Waals surface area (Å²) in [5.74, 6) is -0.697. The highest BCUT2D eigenvalue weighted by Gasteiger charge is 2.43. The molecular weight excluding hydrogens is 326 g/mol. The van der Waals surface area contributed by atoms with Gasteiger partial charge in [-0.25, -0.2) is 8.42 Å². The Morgan fingerprint density at radius 2 is 1.75 bits per heavy atom. The summed E-state index contributed by atoms with van der Waals surface area (Å²) in [7, 11) is -3.76. The van der Waals surface area contributed by atoms with Crippen molar-refractivity contribution in [2.45, 2.75) is 37.1 Å². The minimum atomic E-state index is -3.76. The average Bonchev–Trinajstić information content (AvgIpc) is 2.75. The fraction of sp³-hybridized carbons (Fsp3) is 0.278. The van der Waals surface area contributed by atoms with E-state index in [4.69, 9.17) is 0 Å². The Morgan fingerprint density at radius 1 is 1.12 bits per heavy atom. The number of nitrogens with zero attached hydrogens (tertiary/aromatic N) is 1. The SMILES string of the molecule is CC(C)c1ccc(N2C(CC(=O)O)c3ccccc3S2(=O)=O)cc1. The van der Waals surface area contributed by atoms with Crippen LogP contribution in [0.25, 0.3) is 0 Å². The van der Waals surface area contributed by atoms with Gasteiger partial charge in [-0.1, -0.05) is 44.2 Å². The standard InChI is InChI=1S/C18H19NO4S/c1-12(2)13-7-9-14(10-8-13)19-16(11-18(20)21)15-5-3-4-6-17(15)24(19,22)23/h3-10,12,16H,11H2,1-2H3,(H,20,21). The molecule has 126 valence electrons.